The molecule has 0 bridgehead atoms. The Morgan fingerprint density at radius 3 is 2.22 bits per heavy atom. The van der Waals surface area contributed by atoms with Crippen LogP contribution in [0, 0.1) is 11.3 Å². The number of alkyl carbamates (subject to hydrolysis) is 1. The third-order valence-electron chi connectivity index (χ3n) is 9.27. The molecule has 14 nitrogen and oxygen atoms in total. The van der Waals surface area contributed by atoms with Crippen molar-refractivity contribution in [3.63, 3.8) is 0 Å². The van der Waals surface area contributed by atoms with Crippen LogP contribution in [0.4, 0.5) is 4.79 Å². The van der Waals surface area contributed by atoms with Crippen molar-refractivity contribution in [1.29, 1.82) is 0 Å². The lowest BCUT2D eigenvalue weighted by Gasteiger charge is -2.36. The number of sulfonamides is 2. The molecule has 3 fully saturated rings. The first kappa shape index (κ1) is 38.2. The Bertz CT molecular complexity index is 1960. The molecule has 1 saturated heterocycles. The van der Waals surface area contributed by atoms with E-state index in [1.165, 1.54) is 17.0 Å². The fraction of sp³-hybridized carbons (Fsp3) is 0.543. The van der Waals surface area contributed by atoms with Gasteiger partial charge in [0.2, 0.25) is 31.9 Å². The molecule has 0 spiro atoms. The summed E-state index contributed by atoms with van der Waals surface area (Å²) in [6.07, 6.45) is 1.34. The van der Waals surface area contributed by atoms with Crippen LogP contribution in [0.1, 0.15) is 67.2 Å². The highest BCUT2D eigenvalue weighted by Crippen LogP contribution is 2.45. The fourth-order valence-electron chi connectivity index (χ4n) is 6.39. The topological polar surface area (TPSA) is 197 Å². The average molecular weight is 746 g/mol. The second-order valence-corrected chi connectivity index (χ2v) is 19.3. The molecule has 4 N–H and O–H groups in total. The number of likely N-dealkylation sites (tertiary alicyclic amines) is 1. The predicted molar refractivity (Wildman–Crippen MR) is 190 cm³/mol. The number of carbonyl (C=O) groups is 4. The van der Waals surface area contributed by atoms with Gasteiger partial charge in [-0.05, 0) is 63.3 Å². The molecule has 1 heterocycles. The van der Waals surface area contributed by atoms with E-state index in [-0.39, 0.29) is 24.3 Å². The Hall–Kier alpha value is -4.02. The summed E-state index contributed by atoms with van der Waals surface area (Å²) < 4.78 is 63.1. The number of amides is 4. The summed E-state index contributed by atoms with van der Waals surface area (Å²) in [5, 5.41) is 5.84. The van der Waals surface area contributed by atoms with Crippen LogP contribution in [0.3, 0.4) is 0 Å². The van der Waals surface area contributed by atoms with E-state index in [9.17, 15) is 36.0 Å². The van der Waals surface area contributed by atoms with Gasteiger partial charge in [-0.1, -0.05) is 63.2 Å². The van der Waals surface area contributed by atoms with Crippen molar-refractivity contribution in [3.8, 4) is 0 Å². The van der Waals surface area contributed by atoms with Gasteiger partial charge in [-0.25, -0.2) is 26.4 Å². The Labute approximate surface area is 299 Å². The first-order chi connectivity index (χ1) is 23.6. The molecule has 2 saturated carbocycles. The molecule has 0 aromatic heterocycles. The molecule has 2 aliphatic carbocycles. The van der Waals surface area contributed by atoms with Crippen LogP contribution in [0.5, 0.6) is 0 Å². The molecule has 2 aromatic rings. The van der Waals surface area contributed by atoms with E-state index in [1.807, 2.05) is 0 Å². The summed E-state index contributed by atoms with van der Waals surface area (Å²) in [4.78, 5) is 56.1. The number of nitrogens with zero attached hydrogens (tertiary/aromatic N) is 1. The van der Waals surface area contributed by atoms with E-state index in [4.69, 9.17) is 4.74 Å². The van der Waals surface area contributed by atoms with Crippen LogP contribution in [-0.4, -0.2) is 86.6 Å². The van der Waals surface area contributed by atoms with Gasteiger partial charge in [-0.15, -0.1) is 6.58 Å². The third kappa shape index (κ3) is 8.39. The summed E-state index contributed by atoms with van der Waals surface area (Å²) in [5.41, 5.74) is -3.39. The van der Waals surface area contributed by atoms with Crippen molar-refractivity contribution in [3.05, 3.63) is 55.1 Å². The Morgan fingerprint density at radius 2 is 1.63 bits per heavy atom. The van der Waals surface area contributed by atoms with Gasteiger partial charge < -0.3 is 20.3 Å². The molecule has 51 heavy (non-hydrogen) atoms. The molecule has 2 unspecified atom stereocenters. The highest BCUT2D eigenvalue weighted by molar-refractivity contribution is 7.91. The van der Waals surface area contributed by atoms with Crippen molar-refractivity contribution in [1.82, 2.24) is 25.0 Å². The Morgan fingerprint density at radius 1 is 0.980 bits per heavy atom. The maximum atomic E-state index is 14.4. The summed E-state index contributed by atoms with van der Waals surface area (Å²) in [5.74, 6) is -2.95. The van der Waals surface area contributed by atoms with E-state index in [2.05, 4.69) is 26.7 Å². The zero-order valence-corrected chi connectivity index (χ0v) is 31.3. The molecular weight excluding hydrogens is 699 g/mol. The lowest BCUT2D eigenvalue weighted by Crippen LogP contribution is -2.60. The van der Waals surface area contributed by atoms with Crippen LogP contribution in [0.2, 0.25) is 0 Å². The molecule has 16 heteroatoms. The second-order valence-electron chi connectivity index (χ2n) is 15.7. The standard InChI is InChI=1S/C35H47N5O9S2/c1-8-22-19-35(22,31(43)39-50(45,46)24-16-17-24)37-29(41)26-18-23(38-51(47,48)27-15-11-13-21-12-9-10-14-25(21)27)20-40(26)30(42)28(33(2,3)4)36-32(44)49-34(5,6)7/h8-15,22-24,26,28,38H,1,16-20H2,2-7H3,(H,36,44)(H,37,41)(H,39,43)/t22?,23-,26+,28-,35?/m1/s1. The van der Waals surface area contributed by atoms with Gasteiger partial charge in [-0.3, -0.25) is 19.1 Å². The minimum atomic E-state index is -4.18. The number of benzene rings is 2. The smallest absolute Gasteiger partial charge is 0.408 e. The van der Waals surface area contributed by atoms with E-state index in [0.717, 1.165) is 0 Å². The van der Waals surface area contributed by atoms with Crippen LogP contribution in [-0.2, 0) is 39.2 Å². The minimum absolute atomic E-state index is 0.0184. The molecule has 3 aliphatic rings. The van der Waals surface area contributed by atoms with Gasteiger partial charge >= 0.3 is 6.09 Å². The maximum Gasteiger partial charge on any atom is 0.408 e. The van der Waals surface area contributed by atoms with Crippen LogP contribution < -0.4 is 20.1 Å². The monoisotopic (exact) mass is 745 g/mol. The zero-order valence-electron chi connectivity index (χ0n) is 29.7. The highest BCUT2D eigenvalue weighted by atomic mass is 32.2. The van der Waals surface area contributed by atoms with Gasteiger partial charge in [0.25, 0.3) is 5.91 Å². The average Bonchev–Trinajstić information content (AvgIpc) is 3.94. The lowest BCUT2D eigenvalue weighted by molar-refractivity contribution is -0.142. The summed E-state index contributed by atoms with van der Waals surface area (Å²) >= 11 is 0. The quantitative estimate of drug-likeness (QED) is 0.250. The summed E-state index contributed by atoms with van der Waals surface area (Å²) in [7, 11) is -8.12. The van der Waals surface area contributed by atoms with Gasteiger partial charge in [0.1, 0.15) is 23.2 Å². The lowest BCUT2D eigenvalue weighted by atomic mass is 9.85. The van der Waals surface area contributed by atoms with Crippen LogP contribution in [0.25, 0.3) is 10.8 Å². The first-order valence-corrected chi connectivity index (χ1v) is 19.9. The van der Waals surface area contributed by atoms with Crippen molar-refractivity contribution in [2.45, 2.75) is 107 Å². The van der Waals surface area contributed by atoms with Crippen LogP contribution >= 0.6 is 0 Å². The largest absolute Gasteiger partial charge is 0.444 e. The highest BCUT2D eigenvalue weighted by Gasteiger charge is 2.62. The molecule has 4 amide bonds. The van der Waals surface area contributed by atoms with E-state index >= 15 is 0 Å². The van der Waals surface area contributed by atoms with Gasteiger partial charge in [0.15, 0.2) is 0 Å². The summed E-state index contributed by atoms with van der Waals surface area (Å²) in [6.45, 7) is 13.6. The SMILES string of the molecule is C=CC1CC1(NC(=O)[C@@H]1C[C@@H](NS(=O)(=O)c2cccc3ccccc23)CN1C(=O)[C@@H](NC(=O)OC(C)(C)C)C(C)(C)C)C(=O)NS(=O)(=O)C1CC1. The molecule has 0 radical (unpaired) electrons. The van der Waals surface area contributed by atoms with E-state index < -0.39 is 89.7 Å². The molecule has 5 atom stereocenters. The van der Waals surface area contributed by atoms with Crippen molar-refractivity contribution >= 4 is 54.6 Å². The van der Waals surface area contributed by atoms with Gasteiger partial charge in [-0.2, -0.15) is 0 Å². The number of ether oxygens (including phenoxy) is 1. The Balaban J connectivity index is 1.45. The number of carbonyl (C=O) groups excluding carboxylic acids is 4. The number of hydrogen-bond acceptors (Lipinski definition) is 9. The number of nitrogens with one attached hydrogen (secondary N) is 4. The molecule has 2 aromatic carbocycles. The minimum Gasteiger partial charge on any atom is -0.444 e. The van der Waals surface area contributed by atoms with Crippen LogP contribution in [0.15, 0.2) is 60.0 Å². The third-order valence-corrected chi connectivity index (χ3v) is 12.7. The molecule has 1 aliphatic heterocycles. The second kappa shape index (κ2) is 13.5. The molecule has 278 valence electrons. The van der Waals surface area contributed by atoms with Crippen molar-refractivity contribution < 1.29 is 40.8 Å². The van der Waals surface area contributed by atoms with Gasteiger partial charge in [0, 0.05) is 23.9 Å². The zero-order chi connectivity index (χ0) is 37.7. The van der Waals surface area contributed by atoms with Gasteiger partial charge in [0.05, 0.1) is 10.1 Å². The number of hydrogen-bond donors (Lipinski definition) is 4. The van der Waals surface area contributed by atoms with Crippen molar-refractivity contribution in [2.75, 3.05) is 6.54 Å². The maximum absolute atomic E-state index is 14.4. The number of fused-ring (bicyclic) bond motifs is 1. The normalized spacial score (nSPS) is 24.4. The Kier molecular flexibility index (Phi) is 10.1. The molecular formula is C35H47N5O9S2. The first-order valence-electron chi connectivity index (χ1n) is 16.9. The number of rotatable bonds is 11. The van der Waals surface area contributed by atoms with Crippen molar-refractivity contribution in [2.24, 2.45) is 11.3 Å². The molecule has 5 rings (SSSR count). The van der Waals surface area contributed by atoms with E-state index in [1.54, 1.807) is 77.9 Å². The predicted octanol–water partition coefficient (Wildman–Crippen LogP) is 2.70. The summed E-state index contributed by atoms with van der Waals surface area (Å²) in [6, 6.07) is 8.37. The van der Waals surface area contributed by atoms with E-state index in [0.29, 0.717) is 23.6 Å². The fourth-order valence-corrected chi connectivity index (χ4v) is 9.22.